The van der Waals surface area contributed by atoms with Crippen molar-refractivity contribution in [2.75, 3.05) is 14.2 Å². The highest BCUT2D eigenvalue weighted by atomic mass is 16.5. The number of fused-ring (bicyclic) bond motifs is 1. The number of ether oxygens (including phenoxy) is 2. The molecule has 0 saturated carbocycles. The standard InChI is InChI=1S/C16H20O3/c1-4-5-14-13-7-6-11(10-17)8-12(13)9-15(18-2)16(14)19-3/h6-9,17H,4-5,10H2,1-3H3. The first kappa shape index (κ1) is 13.7. The van der Waals surface area contributed by atoms with E-state index in [1.165, 1.54) is 5.56 Å². The van der Waals surface area contributed by atoms with E-state index in [2.05, 4.69) is 6.92 Å². The van der Waals surface area contributed by atoms with Crippen LogP contribution in [-0.2, 0) is 13.0 Å². The molecule has 0 saturated heterocycles. The quantitative estimate of drug-likeness (QED) is 0.896. The Morgan fingerprint density at radius 3 is 2.47 bits per heavy atom. The van der Waals surface area contributed by atoms with Crippen molar-refractivity contribution < 1.29 is 14.6 Å². The fraction of sp³-hybridized carbons (Fsp3) is 0.375. The molecule has 3 nitrogen and oxygen atoms in total. The Kier molecular flexibility index (Phi) is 4.27. The van der Waals surface area contributed by atoms with Gasteiger partial charge < -0.3 is 14.6 Å². The van der Waals surface area contributed by atoms with Crippen molar-refractivity contribution in [1.29, 1.82) is 0 Å². The molecular weight excluding hydrogens is 240 g/mol. The third-order valence-corrected chi connectivity index (χ3v) is 3.33. The lowest BCUT2D eigenvalue weighted by Crippen LogP contribution is -1.98. The van der Waals surface area contributed by atoms with Gasteiger partial charge in [-0.2, -0.15) is 0 Å². The van der Waals surface area contributed by atoms with Crippen molar-refractivity contribution in [3.05, 3.63) is 35.4 Å². The predicted octanol–water partition coefficient (Wildman–Crippen LogP) is 3.30. The first-order valence-corrected chi connectivity index (χ1v) is 6.52. The van der Waals surface area contributed by atoms with Crippen LogP contribution in [0.2, 0.25) is 0 Å². The number of hydrogen-bond donors (Lipinski definition) is 1. The average molecular weight is 260 g/mol. The molecular formula is C16H20O3. The Labute approximate surface area is 113 Å². The fourth-order valence-electron chi connectivity index (χ4n) is 2.46. The van der Waals surface area contributed by atoms with Gasteiger partial charge in [-0.1, -0.05) is 25.5 Å². The second kappa shape index (κ2) is 5.93. The lowest BCUT2D eigenvalue weighted by molar-refractivity contribution is 0.282. The summed E-state index contributed by atoms with van der Waals surface area (Å²) in [5.74, 6) is 1.56. The molecule has 0 aliphatic rings. The summed E-state index contributed by atoms with van der Waals surface area (Å²) in [6, 6.07) is 7.96. The second-order valence-electron chi connectivity index (χ2n) is 4.55. The summed E-state index contributed by atoms with van der Waals surface area (Å²) in [5.41, 5.74) is 2.08. The topological polar surface area (TPSA) is 38.7 Å². The molecule has 0 atom stereocenters. The number of benzene rings is 2. The minimum absolute atomic E-state index is 0.0490. The zero-order valence-corrected chi connectivity index (χ0v) is 11.7. The maximum Gasteiger partial charge on any atom is 0.164 e. The molecule has 0 radical (unpaired) electrons. The largest absolute Gasteiger partial charge is 0.493 e. The van der Waals surface area contributed by atoms with E-state index in [1.54, 1.807) is 14.2 Å². The van der Waals surface area contributed by atoms with Crippen LogP contribution in [0.4, 0.5) is 0 Å². The molecule has 0 unspecified atom stereocenters. The zero-order chi connectivity index (χ0) is 13.8. The van der Waals surface area contributed by atoms with E-state index in [0.29, 0.717) is 0 Å². The molecule has 3 heteroatoms. The molecule has 19 heavy (non-hydrogen) atoms. The normalized spacial score (nSPS) is 10.7. The van der Waals surface area contributed by atoms with Gasteiger partial charge in [-0.25, -0.2) is 0 Å². The van der Waals surface area contributed by atoms with E-state index in [-0.39, 0.29) is 6.61 Å². The first-order valence-electron chi connectivity index (χ1n) is 6.52. The average Bonchev–Trinajstić information content (AvgIpc) is 2.46. The van der Waals surface area contributed by atoms with E-state index < -0.39 is 0 Å². The van der Waals surface area contributed by atoms with Gasteiger partial charge >= 0.3 is 0 Å². The Morgan fingerprint density at radius 1 is 1.11 bits per heavy atom. The molecule has 1 N–H and O–H groups in total. The maximum atomic E-state index is 9.24. The van der Waals surface area contributed by atoms with Crippen molar-refractivity contribution in [3.63, 3.8) is 0 Å². The van der Waals surface area contributed by atoms with Crippen molar-refractivity contribution in [3.8, 4) is 11.5 Å². The maximum absolute atomic E-state index is 9.24. The van der Waals surface area contributed by atoms with Gasteiger partial charge in [0.2, 0.25) is 0 Å². The van der Waals surface area contributed by atoms with Gasteiger partial charge in [-0.3, -0.25) is 0 Å². The number of aliphatic hydroxyl groups excluding tert-OH is 1. The Balaban J connectivity index is 2.74. The number of hydrogen-bond acceptors (Lipinski definition) is 3. The van der Waals surface area contributed by atoms with Gasteiger partial charge in [0, 0.05) is 5.56 Å². The van der Waals surface area contributed by atoms with E-state index in [9.17, 15) is 5.11 Å². The number of aryl methyl sites for hydroxylation is 1. The van der Waals surface area contributed by atoms with E-state index in [0.717, 1.165) is 40.7 Å². The third kappa shape index (κ3) is 2.51. The van der Waals surface area contributed by atoms with Gasteiger partial charge in [-0.15, -0.1) is 0 Å². The summed E-state index contributed by atoms with van der Waals surface area (Å²) in [7, 11) is 3.32. The molecule has 0 aromatic heterocycles. The van der Waals surface area contributed by atoms with Crippen LogP contribution >= 0.6 is 0 Å². The number of rotatable bonds is 5. The Bertz CT molecular complexity index is 576. The second-order valence-corrected chi connectivity index (χ2v) is 4.55. The third-order valence-electron chi connectivity index (χ3n) is 3.33. The highest BCUT2D eigenvalue weighted by molar-refractivity contribution is 5.90. The first-order chi connectivity index (χ1) is 9.24. The van der Waals surface area contributed by atoms with Gasteiger partial charge in [0.1, 0.15) is 0 Å². The van der Waals surface area contributed by atoms with Crippen LogP contribution in [0.3, 0.4) is 0 Å². The highest BCUT2D eigenvalue weighted by Crippen LogP contribution is 2.38. The molecule has 102 valence electrons. The summed E-state index contributed by atoms with van der Waals surface area (Å²) >= 11 is 0. The molecule has 0 heterocycles. The van der Waals surface area contributed by atoms with Crippen LogP contribution < -0.4 is 9.47 Å². The van der Waals surface area contributed by atoms with Crippen molar-refractivity contribution in [2.45, 2.75) is 26.4 Å². The van der Waals surface area contributed by atoms with E-state index in [1.807, 2.05) is 24.3 Å². The summed E-state index contributed by atoms with van der Waals surface area (Å²) < 4.78 is 10.9. The van der Waals surface area contributed by atoms with E-state index in [4.69, 9.17) is 9.47 Å². The lowest BCUT2D eigenvalue weighted by Gasteiger charge is -2.16. The smallest absolute Gasteiger partial charge is 0.164 e. The molecule has 2 aromatic carbocycles. The monoisotopic (exact) mass is 260 g/mol. The lowest BCUT2D eigenvalue weighted by atomic mass is 9.97. The predicted molar refractivity (Wildman–Crippen MR) is 77.0 cm³/mol. The van der Waals surface area contributed by atoms with Crippen LogP contribution in [0.5, 0.6) is 11.5 Å². The van der Waals surface area contributed by atoms with Crippen LogP contribution in [0, 0.1) is 0 Å². The van der Waals surface area contributed by atoms with Crippen molar-refractivity contribution in [2.24, 2.45) is 0 Å². The number of aliphatic hydroxyl groups is 1. The van der Waals surface area contributed by atoms with Gasteiger partial charge in [0.05, 0.1) is 20.8 Å². The van der Waals surface area contributed by atoms with E-state index >= 15 is 0 Å². The van der Waals surface area contributed by atoms with Crippen LogP contribution in [0.25, 0.3) is 10.8 Å². The summed E-state index contributed by atoms with van der Waals surface area (Å²) in [6.07, 6.45) is 1.98. The summed E-state index contributed by atoms with van der Waals surface area (Å²) in [5, 5.41) is 11.5. The fourth-order valence-corrected chi connectivity index (χ4v) is 2.46. The van der Waals surface area contributed by atoms with Crippen LogP contribution in [-0.4, -0.2) is 19.3 Å². The molecule has 2 rings (SSSR count). The summed E-state index contributed by atoms with van der Waals surface area (Å²) in [4.78, 5) is 0. The number of methoxy groups -OCH3 is 2. The highest BCUT2D eigenvalue weighted by Gasteiger charge is 2.14. The molecule has 0 bridgehead atoms. The van der Waals surface area contributed by atoms with Crippen molar-refractivity contribution >= 4 is 10.8 Å². The summed E-state index contributed by atoms with van der Waals surface area (Å²) in [6.45, 7) is 2.19. The van der Waals surface area contributed by atoms with Crippen LogP contribution in [0.1, 0.15) is 24.5 Å². The van der Waals surface area contributed by atoms with Crippen molar-refractivity contribution in [1.82, 2.24) is 0 Å². The molecule has 0 aliphatic carbocycles. The molecule has 0 spiro atoms. The minimum atomic E-state index is 0.0490. The van der Waals surface area contributed by atoms with Crippen LogP contribution in [0.15, 0.2) is 24.3 Å². The van der Waals surface area contributed by atoms with Gasteiger partial charge in [0.25, 0.3) is 0 Å². The molecule has 0 aliphatic heterocycles. The minimum Gasteiger partial charge on any atom is -0.493 e. The molecule has 0 fully saturated rings. The Morgan fingerprint density at radius 2 is 1.89 bits per heavy atom. The van der Waals surface area contributed by atoms with Gasteiger partial charge in [0.15, 0.2) is 11.5 Å². The van der Waals surface area contributed by atoms with Gasteiger partial charge in [-0.05, 0) is 34.9 Å². The molecule has 0 amide bonds. The Hall–Kier alpha value is -1.74. The SMILES string of the molecule is CCCc1c(OC)c(OC)cc2cc(CO)ccc12. The zero-order valence-electron chi connectivity index (χ0n) is 11.7. The molecule has 2 aromatic rings.